The molecule has 0 N–H and O–H groups in total. The Hall–Kier alpha value is -2.34. The molecule has 0 unspecified atom stereocenters. The van der Waals surface area contributed by atoms with Crippen molar-refractivity contribution in [3.05, 3.63) is 57.0 Å². The van der Waals surface area contributed by atoms with Crippen LogP contribution in [0.1, 0.15) is 36.9 Å². The Balaban J connectivity index is 1.27. The molecule has 0 bridgehead atoms. The molecule has 1 aromatic heterocycles. The molecule has 1 aromatic carbocycles. The molecule has 4 rings (SSSR count). The second-order valence-corrected chi connectivity index (χ2v) is 8.35. The molecule has 1 aliphatic carbocycles. The third-order valence-corrected chi connectivity index (χ3v) is 6.10. The Bertz CT molecular complexity index is 918. The van der Waals surface area contributed by atoms with E-state index in [1.165, 1.54) is 0 Å². The number of rotatable bonds is 5. The highest BCUT2D eigenvalue weighted by Gasteiger charge is 2.24. The number of likely N-dealkylation sites (tertiary alicyclic amines) is 1. The standard InChI is InChI=1S/C22H26ClN3O3/c23-18-5-7-19(8-6-18)29-15-22(28)25-11-9-16(10-12-25)14-26-21(27)13-17-3-1-2-4-20(17)24-26/h5-8,13,16H,1-4,9-12,14-15H2. The number of hydrogen-bond donors (Lipinski definition) is 0. The third kappa shape index (κ3) is 4.99. The number of halogens is 1. The number of nitrogens with zero attached hydrogens (tertiary/aromatic N) is 3. The average Bonchev–Trinajstić information content (AvgIpc) is 2.74. The van der Waals surface area contributed by atoms with Crippen molar-refractivity contribution < 1.29 is 9.53 Å². The van der Waals surface area contributed by atoms with Crippen molar-refractivity contribution in [1.82, 2.24) is 14.7 Å². The quantitative estimate of drug-likeness (QED) is 0.752. The second-order valence-electron chi connectivity index (χ2n) is 7.91. The van der Waals surface area contributed by atoms with E-state index in [1.807, 2.05) is 4.90 Å². The fraction of sp³-hybridized carbons (Fsp3) is 0.500. The molecule has 2 aliphatic rings. The number of aromatic nitrogens is 2. The van der Waals surface area contributed by atoms with Gasteiger partial charge in [0.2, 0.25) is 0 Å². The van der Waals surface area contributed by atoms with E-state index in [0.717, 1.165) is 49.8 Å². The number of benzene rings is 1. The lowest BCUT2D eigenvalue weighted by molar-refractivity contribution is -0.134. The molecule has 0 saturated carbocycles. The summed E-state index contributed by atoms with van der Waals surface area (Å²) in [7, 11) is 0. The molecule has 0 atom stereocenters. The van der Waals surface area contributed by atoms with Gasteiger partial charge in [-0.25, -0.2) is 4.68 Å². The van der Waals surface area contributed by atoms with Gasteiger partial charge in [0.25, 0.3) is 11.5 Å². The van der Waals surface area contributed by atoms with E-state index in [-0.39, 0.29) is 18.1 Å². The van der Waals surface area contributed by atoms with Crippen molar-refractivity contribution in [3.8, 4) is 5.75 Å². The first-order valence-electron chi connectivity index (χ1n) is 10.3. The first kappa shape index (κ1) is 20.0. The maximum atomic E-state index is 12.4. The smallest absolute Gasteiger partial charge is 0.267 e. The number of fused-ring (bicyclic) bond motifs is 1. The maximum Gasteiger partial charge on any atom is 0.267 e. The van der Waals surface area contributed by atoms with Crippen molar-refractivity contribution in [1.29, 1.82) is 0 Å². The molecule has 7 heteroatoms. The number of hydrogen-bond acceptors (Lipinski definition) is 4. The lowest BCUT2D eigenvalue weighted by Crippen LogP contribution is -2.42. The van der Waals surface area contributed by atoms with Crippen molar-refractivity contribution in [2.75, 3.05) is 19.7 Å². The Morgan fingerprint density at radius 1 is 1.14 bits per heavy atom. The summed E-state index contributed by atoms with van der Waals surface area (Å²) in [4.78, 5) is 26.7. The number of carbonyl (C=O) groups is 1. The van der Waals surface area contributed by atoms with Gasteiger partial charge in [-0.1, -0.05) is 11.6 Å². The van der Waals surface area contributed by atoms with Crippen LogP contribution in [-0.2, 0) is 24.2 Å². The van der Waals surface area contributed by atoms with E-state index >= 15 is 0 Å². The maximum absolute atomic E-state index is 12.4. The van der Waals surface area contributed by atoms with Crippen LogP contribution in [0.25, 0.3) is 0 Å². The normalized spacial score (nSPS) is 17.1. The first-order chi connectivity index (χ1) is 14.1. The summed E-state index contributed by atoms with van der Waals surface area (Å²) in [6.07, 6.45) is 5.98. The molecule has 2 heterocycles. The molecule has 1 saturated heterocycles. The average molecular weight is 416 g/mol. The van der Waals surface area contributed by atoms with Gasteiger partial charge in [0, 0.05) is 30.7 Å². The number of carbonyl (C=O) groups excluding carboxylic acids is 1. The minimum atomic E-state index is -0.0116. The van der Waals surface area contributed by atoms with Gasteiger partial charge >= 0.3 is 0 Å². The van der Waals surface area contributed by atoms with Crippen molar-refractivity contribution >= 4 is 17.5 Å². The SMILES string of the molecule is O=C(COc1ccc(Cl)cc1)N1CCC(Cn2nc3c(cc2=O)CCCC3)CC1. The summed E-state index contributed by atoms with van der Waals surface area (Å²) in [6.45, 7) is 2.04. The van der Waals surface area contributed by atoms with Crippen LogP contribution in [0.3, 0.4) is 0 Å². The molecule has 0 spiro atoms. The number of ether oxygens (including phenoxy) is 1. The fourth-order valence-corrected chi connectivity index (χ4v) is 4.23. The summed E-state index contributed by atoms with van der Waals surface area (Å²) in [6, 6.07) is 8.76. The lowest BCUT2D eigenvalue weighted by atomic mass is 9.96. The highest BCUT2D eigenvalue weighted by atomic mass is 35.5. The molecule has 1 amide bonds. The molecule has 1 aliphatic heterocycles. The summed E-state index contributed by atoms with van der Waals surface area (Å²) in [5.41, 5.74) is 2.21. The zero-order valence-electron chi connectivity index (χ0n) is 16.5. The minimum Gasteiger partial charge on any atom is -0.484 e. The topological polar surface area (TPSA) is 64.4 Å². The highest BCUT2D eigenvalue weighted by Crippen LogP contribution is 2.21. The summed E-state index contributed by atoms with van der Waals surface area (Å²) < 4.78 is 7.20. The van der Waals surface area contributed by atoms with E-state index in [1.54, 1.807) is 35.0 Å². The third-order valence-electron chi connectivity index (χ3n) is 5.85. The van der Waals surface area contributed by atoms with Crippen LogP contribution in [0.4, 0.5) is 0 Å². The molecule has 2 aromatic rings. The van der Waals surface area contributed by atoms with Crippen LogP contribution in [0, 0.1) is 5.92 Å². The van der Waals surface area contributed by atoms with Crippen LogP contribution in [0.15, 0.2) is 35.1 Å². The van der Waals surface area contributed by atoms with Crippen LogP contribution in [-0.4, -0.2) is 40.3 Å². The Morgan fingerprint density at radius 3 is 2.62 bits per heavy atom. The molecule has 154 valence electrons. The highest BCUT2D eigenvalue weighted by molar-refractivity contribution is 6.30. The largest absolute Gasteiger partial charge is 0.484 e. The van der Waals surface area contributed by atoms with Crippen LogP contribution >= 0.6 is 11.6 Å². The van der Waals surface area contributed by atoms with Crippen molar-refractivity contribution in [3.63, 3.8) is 0 Å². The number of amides is 1. The molecular formula is C22H26ClN3O3. The molecular weight excluding hydrogens is 390 g/mol. The molecule has 0 radical (unpaired) electrons. The number of aryl methyl sites for hydroxylation is 2. The van der Waals surface area contributed by atoms with Crippen LogP contribution in [0.2, 0.25) is 5.02 Å². The second kappa shape index (κ2) is 8.99. The van der Waals surface area contributed by atoms with Crippen molar-refractivity contribution in [2.45, 2.75) is 45.1 Å². The Kier molecular flexibility index (Phi) is 6.19. The van der Waals surface area contributed by atoms with Gasteiger partial charge in [-0.15, -0.1) is 0 Å². The summed E-state index contributed by atoms with van der Waals surface area (Å²) in [5, 5.41) is 5.26. The van der Waals surface area contributed by atoms with Gasteiger partial charge in [-0.2, -0.15) is 5.10 Å². The predicted octanol–water partition coefficient (Wildman–Crippen LogP) is 3.09. The minimum absolute atomic E-state index is 0.000482. The van der Waals surface area contributed by atoms with Crippen LogP contribution in [0.5, 0.6) is 5.75 Å². The van der Waals surface area contributed by atoms with Gasteiger partial charge in [0.1, 0.15) is 5.75 Å². The van der Waals surface area contributed by atoms with Gasteiger partial charge in [-0.3, -0.25) is 9.59 Å². The van der Waals surface area contributed by atoms with Gasteiger partial charge in [0.15, 0.2) is 6.61 Å². The van der Waals surface area contributed by atoms with E-state index in [4.69, 9.17) is 16.3 Å². The van der Waals surface area contributed by atoms with Crippen LogP contribution < -0.4 is 10.3 Å². The van der Waals surface area contributed by atoms with Gasteiger partial charge in [-0.05, 0) is 74.3 Å². The zero-order chi connectivity index (χ0) is 20.2. The zero-order valence-corrected chi connectivity index (χ0v) is 17.2. The van der Waals surface area contributed by atoms with E-state index < -0.39 is 0 Å². The summed E-state index contributed by atoms with van der Waals surface area (Å²) in [5.74, 6) is 0.987. The fourth-order valence-electron chi connectivity index (χ4n) is 4.11. The lowest BCUT2D eigenvalue weighted by Gasteiger charge is -2.32. The Labute approximate surface area is 175 Å². The van der Waals surface area contributed by atoms with E-state index in [0.29, 0.717) is 36.3 Å². The van der Waals surface area contributed by atoms with E-state index in [9.17, 15) is 9.59 Å². The van der Waals surface area contributed by atoms with E-state index in [2.05, 4.69) is 5.10 Å². The Morgan fingerprint density at radius 2 is 1.86 bits per heavy atom. The first-order valence-corrected chi connectivity index (χ1v) is 10.7. The summed E-state index contributed by atoms with van der Waals surface area (Å²) >= 11 is 5.86. The molecule has 6 nitrogen and oxygen atoms in total. The predicted molar refractivity (Wildman–Crippen MR) is 111 cm³/mol. The van der Waals surface area contributed by atoms with Gasteiger partial charge < -0.3 is 9.64 Å². The van der Waals surface area contributed by atoms with Crippen molar-refractivity contribution in [2.24, 2.45) is 5.92 Å². The van der Waals surface area contributed by atoms with Gasteiger partial charge in [0.05, 0.1) is 5.69 Å². The molecule has 29 heavy (non-hydrogen) atoms. The molecule has 1 fully saturated rings. The number of piperidine rings is 1. The monoisotopic (exact) mass is 415 g/mol.